The second-order valence-electron chi connectivity index (χ2n) is 14.9. The van der Waals surface area contributed by atoms with Gasteiger partial charge in [-0.1, -0.05) is 49.2 Å². The van der Waals surface area contributed by atoms with Crippen LogP contribution in [0.3, 0.4) is 0 Å². The van der Waals surface area contributed by atoms with Crippen LogP contribution in [0.25, 0.3) is 0 Å². The largest absolute Gasteiger partial charge is 0.495 e. The van der Waals surface area contributed by atoms with Crippen molar-refractivity contribution in [2.24, 2.45) is 11.8 Å². The number of anilines is 1. The number of allylic oxidation sites excluding steroid dienone is 3. The maximum absolute atomic E-state index is 14.2. The third-order valence-electron chi connectivity index (χ3n) is 11.1. The highest BCUT2D eigenvalue weighted by molar-refractivity contribution is 6.35. The maximum Gasteiger partial charge on any atom is 0.409 e. The van der Waals surface area contributed by atoms with E-state index in [0.717, 1.165) is 28.2 Å². The zero-order valence-electron chi connectivity index (χ0n) is 33.5. The molecule has 0 aliphatic carbocycles. The highest BCUT2D eigenvalue weighted by Gasteiger charge is 2.51. The first kappa shape index (κ1) is 44.7. The summed E-state index contributed by atoms with van der Waals surface area (Å²) in [5.74, 6) is -3.49. The number of ether oxygens (including phenoxy) is 4. The van der Waals surface area contributed by atoms with Crippen molar-refractivity contribution >= 4 is 46.9 Å². The molecular formula is C40H51ClN4O12. The van der Waals surface area contributed by atoms with Crippen LogP contribution in [-0.2, 0) is 30.2 Å². The number of nitrogens with zero attached hydrogens (tertiary/aromatic N) is 3. The number of esters is 1. The average Bonchev–Trinajstić information content (AvgIpc) is 3.17. The molecule has 8 atom stereocenters. The molecular weight excluding hydrogens is 764 g/mol. The van der Waals surface area contributed by atoms with Crippen molar-refractivity contribution in [2.75, 3.05) is 33.2 Å². The third kappa shape index (κ3) is 9.93. The normalized spacial score (nSPS) is 29.2. The monoisotopic (exact) mass is 814 g/mol. The molecule has 0 spiro atoms. The van der Waals surface area contributed by atoms with Crippen LogP contribution in [0.1, 0.15) is 63.4 Å². The molecule has 3 amide bonds. The van der Waals surface area contributed by atoms with Gasteiger partial charge in [0.2, 0.25) is 5.91 Å². The number of hydrogen-bond acceptors (Lipinski definition) is 12. The molecule has 4 bridgehead atoms. The van der Waals surface area contributed by atoms with E-state index in [1.807, 2.05) is 13.0 Å². The van der Waals surface area contributed by atoms with Gasteiger partial charge in [0.05, 0.1) is 24.1 Å². The minimum atomic E-state index is -2.00. The van der Waals surface area contributed by atoms with Gasteiger partial charge in [0.1, 0.15) is 40.7 Å². The molecule has 0 radical (unpaired) electrons. The number of amides is 3. The molecule has 2 aromatic rings. The Balaban J connectivity index is 1.78. The summed E-state index contributed by atoms with van der Waals surface area (Å²) in [7, 11) is 5.66. The quantitative estimate of drug-likeness (QED) is 0.193. The van der Waals surface area contributed by atoms with Crippen LogP contribution in [0, 0.1) is 22.0 Å². The molecule has 16 nitrogen and oxygen atoms in total. The van der Waals surface area contributed by atoms with Crippen LogP contribution in [0.5, 0.6) is 5.75 Å². The fraction of sp³-hybridized carbons (Fsp3) is 0.500. The molecule has 0 aromatic heterocycles. The van der Waals surface area contributed by atoms with Crippen molar-refractivity contribution < 1.29 is 53.3 Å². The first-order chi connectivity index (χ1) is 26.6. The number of benzene rings is 2. The lowest BCUT2D eigenvalue weighted by Gasteiger charge is -2.46. The van der Waals surface area contributed by atoms with E-state index in [0.29, 0.717) is 17.9 Å². The van der Waals surface area contributed by atoms with Gasteiger partial charge in [-0.15, -0.1) is 0 Å². The number of likely N-dealkylation sites (N-methyl/N-ethyl adjacent to an activating group) is 1. The molecule has 4 rings (SSSR count). The molecule has 2 aromatic carbocycles. The molecule has 2 aliphatic rings. The van der Waals surface area contributed by atoms with Gasteiger partial charge in [0.15, 0.2) is 5.72 Å². The lowest BCUT2D eigenvalue weighted by molar-refractivity contribution is -0.384. The number of non-ortho nitro benzene ring substituents is 1. The first-order valence-electron chi connectivity index (χ1n) is 18.3. The van der Waals surface area contributed by atoms with Gasteiger partial charge in [-0.3, -0.25) is 25.0 Å². The Kier molecular flexibility index (Phi) is 14.1. The molecule has 3 N–H and O–H groups in total. The number of nitro groups is 1. The number of rotatable bonds is 7. The van der Waals surface area contributed by atoms with E-state index in [4.69, 9.17) is 30.5 Å². The van der Waals surface area contributed by atoms with E-state index >= 15 is 0 Å². The van der Waals surface area contributed by atoms with Crippen LogP contribution in [-0.4, -0.2) is 108 Å². The zero-order chi connectivity index (χ0) is 42.6. The number of aliphatic hydroxyl groups is 2. The Morgan fingerprint density at radius 3 is 2.40 bits per heavy atom. The Morgan fingerprint density at radius 2 is 1.81 bits per heavy atom. The van der Waals surface area contributed by atoms with Crippen LogP contribution >= 0.6 is 11.6 Å². The molecule has 2 heterocycles. The molecule has 1 saturated heterocycles. The summed E-state index contributed by atoms with van der Waals surface area (Å²) < 4.78 is 22.8. The zero-order valence-corrected chi connectivity index (χ0v) is 34.2. The Labute approximate surface area is 336 Å². The number of methoxy groups -OCH3 is 2. The first-order valence-corrected chi connectivity index (χ1v) is 18.7. The molecule has 1 fully saturated rings. The minimum Gasteiger partial charge on any atom is -0.495 e. The lowest BCUT2D eigenvalue weighted by atomic mass is 9.73. The molecule has 2 aliphatic heterocycles. The lowest BCUT2D eigenvalue weighted by Crippen LogP contribution is -2.64. The average molecular weight is 815 g/mol. The standard InChI is InChI=1S/C40H51ClN4O12/c1-22-11-10-12-32(55-9)40(51)21-31(56-38(49)42-40)23(2)24(3)39(5,50)33(20-34(46)44(7)29-18-26(17-22)19-30(54-8)35(29)41)57-37(48)25(4)43(6)36(47)27-13-15-28(16-14-27)45(52)53/h10-16,18-19,23-25,31-33,50-51H,17,20-21H2,1-9H3,(H,42,49)/b12-10+,22-11+/t23-,24-,25-,31-,32+,33-,39+,40-/m0/s1. The number of fused-ring (bicyclic) bond motifs is 4. The summed E-state index contributed by atoms with van der Waals surface area (Å²) in [5, 5.41) is 37.9. The van der Waals surface area contributed by atoms with Crippen molar-refractivity contribution in [3.05, 3.63) is 86.5 Å². The van der Waals surface area contributed by atoms with E-state index in [9.17, 15) is 39.5 Å². The Hall–Kier alpha value is -5.03. The summed E-state index contributed by atoms with van der Waals surface area (Å²) in [6.45, 7) is 8.00. The Morgan fingerprint density at radius 1 is 1.16 bits per heavy atom. The van der Waals surface area contributed by atoms with Crippen molar-refractivity contribution in [3.8, 4) is 5.75 Å². The van der Waals surface area contributed by atoms with Crippen LogP contribution in [0.15, 0.2) is 60.2 Å². The molecule has 0 saturated carbocycles. The van der Waals surface area contributed by atoms with Crippen molar-refractivity contribution in [3.63, 3.8) is 0 Å². The number of nitrogens with one attached hydrogen (secondary N) is 1. The van der Waals surface area contributed by atoms with E-state index in [-0.39, 0.29) is 22.7 Å². The number of alkyl carbamates (subject to hydrolysis) is 1. The van der Waals surface area contributed by atoms with Gasteiger partial charge in [-0.05, 0) is 68.9 Å². The number of nitro benzene ring substituents is 1. The summed E-state index contributed by atoms with van der Waals surface area (Å²) in [4.78, 5) is 67.2. The van der Waals surface area contributed by atoms with E-state index < -0.39 is 82.7 Å². The maximum atomic E-state index is 14.2. The molecule has 310 valence electrons. The fourth-order valence-corrected chi connectivity index (χ4v) is 7.25. The van der Waals surface area contributed by atoms with Gasteiger partial charge < -0.3 is 39.0 Å². The second-order valence-corrected chi connectivity index (χ2v) is 15.3. The predicted octanol–water partition coefficient (Wildman–Crippen LogP) is 4.97. The number of halogens is 1. The van der Waals surface area contributed by atoms with Gasteiger partial charge in [0.25, 0.3) is 11.6 Å². The summed E-state index contributed by atoms with van der Waals surface area (Å²) in [6.07, 6.45) is 0.325. The summed E-state index contributed by atoms with van der Waals surface area (Å²) in [6, 6.07) is 7.05. The fourth-order valence-electron chi connectivity index (χ4n) is 6.94. The van der Waals surface area contributed by atoms with Gasteiger partial charge in [-0.2, -0.15) is 0 Å². The van der Waals surface area contributed by atoms with Crippen molar-refractivity contribution in [1.82, 2.24) is 10.2 Å². The minimum absolute atomic E-state index is 0.0730. The second kappa shape index (κ2) is 18.1. The van der Waals surface area contributed by atoms with Crippen LogP contribution < -0.4 is 15.0 Å². The van der Waals surface area contributed by atoms with Crippen molar-refractivity contribution in [1.29, 1.82) is 0 Å². The van der Waals surface area contributed by atoms with E-state index in [1.54, 1.807) is 38.1 Å². The van der Waals surface area contributed by atoms with Crippen LogP contribution in [0.4, 0.5) is 16.2 Å². The number of carbonyl (C=O) groups is 4. The highest BCUT2D eigenvalue weighted by atomic mass is 35.5. The Bertz CT molecular complexity index is 1920. The van der Waals surface area contributed by atoms with Gasteiger partial charge >= 0.3 is 12.1 Å². The number of carbonyl (C=O) groups excluding carboxylic acids is 4. The van der Waals surface area contributed by atoms with Crippen LogP contribution in [0.2, 0.25) is 5.02 Å². The molecule has 57 heavy (non-hydrogen) atoms. The smallest absolute Gasteiger partial charge is 0.409 e. The number of hydrogen-bond donors (Lipinski definition) is 3. The predicted molar refractivity (Wildman–Crippen MR) is 210 cm³/mol. The van der Waals surface area contributed by atoms with E-state index in [1.165, 1.54) is 59.2 Å². The summed E-state index contributed by atoms with van der Waals surface area (Å²) in [5.41, 5.74) is -2.17. The SMILES string of the molecule is COc1cc2cc(c1Cl)N(C)C(=O)C[C@H](OC(=O)[C@H](C)N(C)C(=O)c1ccc([N+](=O)[O-])cc1)[C@](C)(O)[C@@H](C)[C@H](C)[C@@H]1C[C@@](O)(NC(=O)O1)[C@H](OC)/C=C/C=C(\C)C2. The molecule has 17 heteroatoms. The topological polar surface area (TPSA) is 207 Å². The highest BCUT2D eigenvalue weighted by Crippen LogP contribution is 2.40. The third-order valence-corrected chi connectivity index (χ3v) is 11.5. The molecule has 0 unspecified atom stereocenters. The van der Waals surface area contributed by atoms with Crippen molar-refractivity contribution in [2.45, 2.75) is 89.6 Å². The van der Waals surface area contributed by atoms with E-state index in [2.05, 4.69) is 5.32 Å². The summed E-state index contributed by atoms with van der Waals surface area (Å²) >= 11 is 6.74. The van der Waals surface area contributed by atoms with Gasteiger partial charge in [-0.25, -0.2) is 9.59 Å². The van der Waals surface area contributed by atoms with Gasteiger partial charge in [0, 0.05) is 45.3 Å².